The van der Waals surface area contributed by atoms with Crippen LogP contribution in [0.1, 0.15) is 34.6 Å². The minimum absolute atomic E-state index is 0.120. The Labute approximate surface area is 156 Å². The first-order valence-corrected chi connectivity index (χ1v) is 8.80. The van der Waals surface area contributed by atoms with Gasteiger partial charge < -0.3 is 5.32 Å². The third-order valence-electron chi connectivity index (χ3n) is 4.45. The number of nitrogens with one attached hydrogen (secondary N) is 1. The van der Waals surface area contributed by atoms with Crippen LogP contribution >= 0.6 is 0 Å². The van der Waals surface area contributed by atoms with Crippen LogP contribution < -0.4 is 5.32 Å². The zero-order valence-corrected chi connectivity index (χ0v) is 14.9. The number of hydrogen-bond acceptors (Lipinski definition) is 4. The van der Waals surface area contributed by atoms with Crippen molar-refractivity contribution in [3.8, 4) is 0 Å². The van der Waals surface area contributed by atoms with Gasteiger partial charge in [0.05, 0.1) is 23.8 Å². The molecule has 6 nitrogen and oxygen atoms in total. The number of rotatable bonds is 5. The fraction of sp³-hybridized carbons (Fsp3) is 0.143. The van der Waals surface area contributed by atoms with E-state index in [9.17, 15) is 4.79 Å². The number of carbonyl (C=O) groups is 1. The number of aromatic nitrogens is 4. The smallest absolute Gasteiger partial charge is 0.251 e. The van der Waals surface area contributed by atoms with E-state index >= 15 is 0 Å². The summed E-state index contributed by atoms with van der Waals surface area (Å²) in [4.78, 5) is 16.7. The maximum Gasteiger partial charge on any atom is 0.251 e. The summed E-state index contributed by atoms with van der Waals surface area (Å²) in [6.45, 7) is 2.52. The third kappa shape index (κ3) is 3.69. The molecule has 134 valence electrons. The van der Waals surface area contributed by atoms with Gasteiger partial charge >= 0.3 is 0 Å². The number of nitrogens with zero attached hydrogens (tertiary/aromatic N) is 4. The molecular weight excluding hydrogens is 338 g/mol. The minimum Gasteiger partial charge on any atom is -0.344 e. The number of carbonyl (C=O) groups excluding carboxylic acids is 1. The van der Waals surface area contributed by atoms with Crippen LogP contribution in [0, 0.1) is 0 Å². The number of fused-ring (bicyclic) bond motifs is 1. The van der Waals surface area contributed by atoms with Crippen LogP contribution in [0.4, 0.5) is 0 Å². The summed E-state index contributed by atoms with van der Waals surface area (Å²) in [6, 6.07) is 20.9. The quantitative estimate of drug-likeness (QED) is 0.594. The second-order valence-electron chi connectivity index (χ2n) is 6.38. The van der Waals surface area contributed by atoms with E-state index < -0.39 is 0 Å². The highest BCUT2D eigenvalue weighted by Gasteiger charge is 2.12. The van der Waals surface area contributed by atoms with Gasteiger partial charge in [-0.1, -0.05) is 35.5 Å². The van der Waals surface area contributed by atoms with Gasteiger partial charge in [0.15, 0.2) is 0 Å². The Bertz CT molecular complexity index is 1060. The van der Waals surface area contributed by atoms with Crippen molar-refractivity contribution in [1.82, 2.24) is 25.3 Å². The van der Waals surface area contributed by atoms with Gasteiger partial charge in [-0.2, -0.15) is 0 Å². The predicted octanol–water partition coefficient (Wildman–Crippen LogP) is 3.37. The van der Waals surface area contributed by atoms with Gasteiger partial charge in [0, 0.05) is 11.8 Å². The number of benzene rings is 2. The van der Waals surface area contributed by atoms with Crippen LogP contribution in [-0.4, -0.2) is 25.9 Å². The van der Waals surface area contributed by atoms with Gasteiger partial charge in [0.1, 0.15) is 5.52 Å². The zero-order chi connectivity index (χ0) is 18.6. The highest BCUT2D eigenvalue weighted by molar-refractivity contribution is 5.94. The average molecular weight is 357 g/mol. The Balaban J connectivity index is 1.45. The molecule has 6 heteroatoms. The molecule has 1 atom stereocenters. The molecule has 2 aromatic heterocycles. The van der Waals surface area contributed by atoms with E-state index in [1.807, 2.05) is 78.3 Å². The Morgan fingerprint density at radius 2 is 1.81 bits per heavy atom. The summed E-state index contributed by atoms with van der Waals surface area (Å²) in [5, 5.41) is 11.3. The summed E-state index contributed by atoms with van der Waals surface area (Å²) in [5.41, 5.74) is 4.37. The van der Waals surface area contributed by atoms with Crippen LogP contribution in [0.3, 0.4) is 0 Å². The van der Waals surface area contributed by atoms with Crippen LogP contribution in [0.15, 0.2) is 72.9 Å². The number of pyridine rings is 1. The highest BCUT2D eigenvalue weighted by Crippen LogP contribution is 2.14. The molecule has 4 aromatic rings. The van der Waals surface area contributed by atoms with Crippen LogP contribution in [-0.2, 0) is 6.54 Å². The Hall–Kier alpha value is -3.54. The molecule has 0 bridgehead atoms. The molecule has 0 radical (unpaired) electrons. The molecule has 0 spiro atoms. The van der Waals surface area contributed by atoms with Crippen molar-refractivity contribution in [2.75, 3.05) is 0 Å². The maximum absolute atomic E-state index is 12.5. The number of amides is 1. The van der Waals surface area contributed by atoms with Gasteiger partial charge in [-0.3, -0.25) is 9.78 Å². The SMILES string of the molecule is C[C@H](NC(=O)c1ccc(Cn2nnc3ccccc32)cc1)c1ccccn1. The zero-order valence-electron chi connectivity index (χ0n) is 14.9. The highest BCUT2D eigenvalue weighted by atomic mass is 16.1. The first-order valence-electron chi connectivity index (χ1n) is 8.80. The molecule has 27 heavy (non-hydrogen) atoms. The van der Waals surface area contributed by atoms with Gasteiger partial charge in [0.25, 0.3) is 5.91 Å². The fourth-order valence-corrected chi connectivity index (χ4v) is 2.95. The molecule has 1 amide bonds. The standard InChI is InChI=1S/C21H19N5O/c1-15(18-6-4-5-13-22-18)23-21(27)17-11-9-16(10-12-17)14-26-20-8-3-2-7-19(20)24-25-26/h2-13,15H,14H2,1H3,(H,23,27)/t15-/m0/s1. The molecule has 1 N–H and O–H groups in total. The Kier molecular flexibility index (Phi) is 4.61. The lowest BCUT2D eigenvalue weighted by Gasteiger charge is -2.13. The average Bonchev–Trinajstić information content (AvgIpc) is 3.12. The number of hydrogen-bond donors (Lipinski definition) is 1. The molecule has 0 fully saturated rings. The maximum atomic E-state index is 12.5. The van der Waals surface area contributed by atoms with Crippen molar-refractivity contribution in [2.24, 2.45) is 0 Å². The first-order chi connectivity index (χ1) is 13.2. The minimum atomic E-state index is -0.153. The van der Waals surface area contributed by atoms with E-state index in [-0.39, 0.29) is 11.9 Å². The fourth-order valence-electron chi connectivity index (χ4n) is 2.95. The molecule has 4 rings (SSSR count). The summed E-state index contributed by atoms with van der Waals surface area (Å²) < 4.78 is 1.85. The van der Waals surface area contributed by atoms with Crippen molar-refractivity contribution >= 4 is 16.9 Å². The molecule has 0 aliphatic rings. The van der Waals surface area contributed by atoms with E-state index in [0.717, 1.165) is 22.3 Å². The topological polar surface area (TPSA) is 72.7 Å². The Morgan fingerprint density at radius 3 is 2.59 bits per heavy atom. The summed E-state index contributed by atoms with van der Waals surface area (Å²) in [5.74, 6) is -0.120. The van der Waals surface area contributed by atoms with E-state index in [1.165, 1.54) is 0 Å². The third-order valence-corrected chi connectivity index (χ3v) is 4.45. The molecule has 0 unspecified atom stereocenters. The lowest BCUT2D eigenvalue weighted by atomic mass is 10.1. The van der Waals surface area contributed by atoms with Crippen LogP contribution in [0.2, 0.25) is 0 Å². The molecular formula is C21H19N5O. The van der Waals surface area contributed by atoms with E-state index in [2.05, 4.69) is 20.6 Å². The van der Waals surface area contributed by atoms with Crippen LogP contribution in [0.25, 0.3) is 11.0 Å². The molecule has 2 aromatic carbocycles. The summed E-state index contributed by atoms with van der Waals surface area (Å²) in [6.07, 6.45) is 1.72. The van der Waals surface area contributed by atoms with Crippen molar-refractivity contribution in [1.29, 1.82) is 0 Å². The van der Waals surface area contributed by atoms with Gasteiger partial charge in [-0.15, -0.1) is 5.10 Å². The molecule has 0 saturated heterocycles. The second kappa shape index (κ2) is 7.37. The lowest BCUT2D eigenvalue weighted by molar-refractivity contribution is 0.0939. The van der Waals surface area contributed by atoms with Gasteiger partial charge in [-0.05, 0) is 48.9 Å². The molecule has 2 heterocycles. The summed E-state index contributed by atoms with van der Waals surface area (Å²) >= 11 is 0. The normalized spacial score (nSPS) is 12.0. The molecule has 0 aliphatic heterocycles. The number of para-hydroxylation sites is 1. The second-order valence-corrected chi connectivity index (χ2v) is 6.38. The van der Waals surface area contributed by atoms with Gasteiger partial charge in [0.2, 0.25) is 0 Å². The molecule has 0 aliphatic carbocycles. The van der Waals surface area contributed by atoms with E-state index in [1.54, 1.807) is 6.20 Å². The van der Waals surface area contributed by atoms with E-state index in [4.69, 9.17) is 0 Å². The first kappa shape index (κ1) is 16.9. The monoisotopic (exact) mass is 357 g/mol. The summed E-state index contributed by atoms with van der Waals surface area (Å²) in [7, 11) is 0. The van der Waals surface area contributed by atoms with Crippen LogP contribution in [0.5, 0.6) is 0 Å². The molecule has 0 saturated carbocycles. The largest absolute Gasteiger partial charge is 0.344 e. The van der Waals surface area contributed by atoms with Crippen molar-refractivity contribution in [3.05, 3.63) is 89.7 Å². The van der Waals surface area contributed by atoms with Gasteiger partial charge in [-0.25, -0.2) is 4.68 Å². The Morgan fingerprint density at radius 1 is 1.04 bits per heavy atom. The predicted molar refractivity (Wildman–Crippen MR) is 103 cm³/mol. The van der Waals surface area contributed by atoms with E-state index in [0.29, 0.717) is 12.1 Å². The van der Waals surface area contributed by atoms with Crippen molar-refractivity contribution in [2.45, 2.75) is 19.5 Å². The van der Waals surface area contributed by atoms with Crippen molar-refractivity contribution < 1.29 is 4.79 Å². The van der Waals surface area contributed by atoms with Crippen molar-refractivity contribution in [3.63, 3.8) is 0 Å². The lowest BCUT2D eigenvalue weighted by Crippen LogP contribution is -2.27.